The zero-order chi connectivity index (χ0) is 19.1. The maximum Gasteiger partial charge on any atom is 0.257 e. The van der Waals surface area contributed by atoms with Crippen LogP contribution in [0.25, 0.3) is 22.2 Å². The SMILES string of the molecule is CCn1cnc2cc(NC(=O)c3cnc4c(c3)ncn4C3CCCC3)ccc21. The molecular formula is C21H22N6O. The van der Waals surface area contributed by atoms with Crippen molar-refractivity contribution in [1.82, 2.24) is 24.1 Å². The number of carbonyl (C=O) groups excluding carboxylic acids is 1. The number of hydrogen-bond acceptors (Lipinski definition) is 4. The number of amides is 1. The van der Waals surface area contributed by atoms with Gasteiger partial charge in [0.2, 0.25) is 0 Å². The van der Waals surface area contributed by atoms with Gasteiger partial charge in [-0.3, -0.25) is 4.79 Å². The molecule has 1 aromatic carbocycles. The minimum Gasteiger partial charge on any atom is -0.331 e. The maximum absolute atomic E-state index is 12.7. The molecule has 1 saturated carbocycles. The molecule has 0 atom stereocenters. The van der Waals surface area contributed by atoms with Crippen LogP contribution in [0.2, 0.25) is 0 Å². The van der Waals surface area contributed by atoms with Gasteiger partial charge in [-0.05, 0) is 44.0 Å². The van der Waals surface area contributed by atoms with Crippen molar-refractivity contribution in [3.05, 3.63) is 48.7 Å². The predicted molar refractivity (Wildman–Crippen MR) is 108 cm³/mol. The maximum atomic E-state index is 12.7. The van der Waals surface area contributed by atoms with Crippen molar-refractivity contribution in [2.24, 2.45) is 0 Å². The lowest BCUT2D eigenvalue weighted by atomic mass is 10.2. The third-order valence-corrected chi connectivity index (χ3v) is 5.61. The van der Waals surface area contributed by atoms with E-state index in [1.165, 1.54) is 25.7 Å². The van der Waals surface area contributed by atoms with E-state index in [0.29, 0.717) is 11.6 Å². The number of aromatic nitrogens is 5. The van der Waals surface area contributed by atoms with E-state index in [0.717, 1.165) is 34.4 Å². The number of benzene rings is 1. The first-order valence-corrected chi connectivity index (χ1v) is 9.82. The van der Waals surface area contributed by atoms with Crippen molar-refractivity contribution in [2.75, 3.05) is 5.32 Å². The number of nitrogens with one attached hydrogen (secondary N) is 1. The lowest BCUT2D eigenvalue weighted by molar-refractivity contribution is 0.102. The third-order valence-electron chi connectivity index (χ3n) is 5.61. The van der Waals surface area contributed by atoms with Crippen LogP contribution in [0.4, 0.5) is 5.69 Å². The Kier molecular flexibility index (Phi) is 4.07. The highest BCUT2D eigenvalue weighted by atomic mass is 16.1. The van der Waals surface area contributed by atoms with E-state index >= 15 is 0 Å². The molecular weight excluding hydrogens is 352 g/mol. The van der Waals surface area contributed by atoms with Gasteiger partial charge in [0, 0.05) is 24.5 Å². The second-order valence-corrected chi connectivity index (χ2v) is 7.35. The molecule has 1 aliphatic rings. The summed E-state index contributed by atoms with van der Waals surface area (Å²) >= 11 is 0. The number of fused-ring (bicyclic) bond motifs is 2. The van der Waals surface area contributed by atoms with Crippen molar-refractivity contribution in [1.29, 1.82) is 0 Å². The summed E-state index contributed by atoms with van der Waals surface area (Å²) in [5.41, 5.74) is 4.76. The Morgan fingerprint density at radius 2 is 1.93 bits per heavy atom. The highest BCUT2D eigenvalue weighted by Crippen LogP contribution is 2.31. The first kappa shape index (κ1) is 16.9. The predicted octanol–water partition coefficient (Wildman–Crippen LogP) is 4.17. The van der Waals surface area contributed by atoms with E-state index in [9.17, 15) is 4.79 Å². The molecule has 4 aromatic rings. The van der Waals surface area contributed by atoms with Gasteiger partial charge in [0.1, 0.15) is 5.52 Å². The van der Waals surface area contributed by atoms with Crippen LogP contribution >= 0.6 is 0 Å². The monoisotopic (exact) mass is 374 g/mol. The number of anilines is 1. The molecule has 7 nitrogen and oxygen atoms in total. The van der Waals surface area contributed by atoms with Gasteiger partial charge in [0.15, 0.2) is 5.65 Å². The number of nitrogens with zero attached hydrogens (tertiary/aromatic N) is 5. The van der Waals surface area contributed by atoms with Crippen molar-refractivity contribution >= 4 is 33.8 Å². The van der Waals surface area contributed by atoms with Gasteiger partial charge >= 0.3 is 0 Å². The molecule has 3 heterocycles. The molecule has 142 valence electrons. The van der Waals surface area contributed by atoms with Crippen LogP contribution in [0.1, 0.15) is 49.0 Å². The highest BCUT2D eigenvalue weighted by Gasteiger charge is 2.20. The van der Waals surface area contributed by atoms with Crippen LogP contribution in [0.3, 0.4) is 0 Å². The van der Waals surface area contributed by atoms with E-state index in [1.807, 2.05) is 36.9 Å². The fourth-order valence-corrected chi connectivity index (χ4v) is 4.09. The lowest BCUT2D eigenvalue weighted by Crippen LogP contribution is -2.12. The summed E-state index contributed by atoms with van der Waals surface area (Å²) in [7, 11) is 0. The van der Waals surface area contributed by atoms with E-state index < -0.39 is 0 Å². The first-order valence-electron chi connectivity index (χ1n) is 9.82. The normalized spacial score (nSPS) is 14.9. The summed E-state index contributed by atoms with van der Waals surface area (Å²) < 4.78 is 4.22. The van der Waals surface area contributed by atoms with Gasteiger partial charge < -0.3 is 14.5 Å². The van der Waals surface area contributed by atoms with E-state index in [-0.39, 0.29) is 5.91 Å². The molecule has 0 spiro atoms. The molecule has 0 aliphatic heterocycles. The molecule has 0 saturated heterocycles. The number of hydrogen-bond donors (Lipinski definition) is 1. The zero-order valence-corrected chi connectivity index (χ0v) is 15.8. The second kappa shape index (κ2) is 6.74. The highest BCUT2D eigenvalue weighted by molar-refractivity contribution is 6.06. The second-order valence-electron chi connectivity index (χ2n) is 7.35. The molecule has 1 fully saturated rings. The summed E-state index contributed by atoms with van der Waals surface area (Å²) in [6, 6.07) is 8.06. The average Bonchev–Trinajstić information content (AvgIpc) is 3.45. The van der Waals surface area contributed by atoms with Crippen LogP contribution in [0.15, 0.2) is 43.1 Å². The van der Waals surface area contributed by atoms with Gasteiger partial charge in [0.05, 0.1) is 29.3 Å². The Bertz CT molecular complexity index is 1170. The zero-order valence-electron chi connectivity index (χ0n) is 15.8. The number of pyridine rings is 1. The van der Waals surface area contributed by atoms with E-state index in [1.54, 1.807) is 6.20 Å². The Balaban J connectivity index is 1.39. The molecule has 3 aromatic heterocycles. The quantitative estimate of drug-likeness (QED) is 0.582. The van der Waals surface area contributed by atoms with Gasteiger partial charge in [0.25, 0.3) is 5.91 Å². The molecule has 1 amide bonds. The lowest BCUT2D eigenvalue weighted by Gasteiger charge is -2.11. The van der Waals surface area contributed by atoms with E-state index in [2.05, 4.69) is 36.3 Å². The van der Waals surface area contributed by atoms with Gasteiger partial charge in [-0.2, -0.15) is 0 Å². The molecule has 7 heteroatoms. The van der Waals surface area contributed by atoms with Gasteiger partial charge in [-0.1, -0.05) is 12.8 Å². The Morgan fingerprint density at radius 3 is 2.75 bits per heavy atom. The van der Waals surface area contributed by atoms with Gasteiger partial charge in [-0.15, -0.1) is 0 Å². The fourth-order valence-electron chi connectivity index (χ4n) is 4.09. The molecule has 1 aliphatic carbocycles. The number of aryl methyl sites for hydroxylation is 1. The largest absolute Gasteiger partial charge is 0.331 e. The minimum atomic E-state index is -0.195. The Labute approximate surface area is 162 Å². The summed E-state index contributed by atoms with van der Waals surface area (Å²) in [5, 5.41) is 2.94. The Morgan fingerprint density at radius 1 is 1.11 bits per heavy atom. The number of carbonyl (C=O) groups is 1. The van der Waals surface area contributed by atoms with Crippen LogP contribution < -0.4 is 5.32 Å². The van der Waals surface area contributed by atoms with Crippen molar-refractivity contribution in [2.45, 2.75) is 45.2 Å². The van der Waals surface area contributed by atoms with Gasteiger partial charge in [-0.25, -0.2) is 15.0 Å². The molecule has 1 N–H and O–H groups in total. The topological polar surface area (TPSA) is 77.6 Å². The summed E-state index contributed by atoms with van der Waals surface area (Å²) in [6.07, 6.45) is 10.2. The van der Waals surface area contributed by atoms with Crippen molar-refractivity contribution in [3.63, 3.8) is 0 Å². The summed E-state index contributed by atoms with van der Waals surface area (Å²) in [5.74, 6) is -0.195. The molecule has 5 rings (SSSR count). The molecule has 28 heavy (non-hydrogen) atoms. The minimum absolute atomic E-state index is 0.195. The number of imidazole rings is 2. The van der Waals surface area contributed by atoms with Crippen LogP contribution in [-0.4, -0.2) is 30.0 Å². The first-order chi connectivity index (χ1) is 13.7. The van der Waals surface area contributed by atoms with Crippen LogP contribution in [-0.2, 0) is 6.54 Å². The Hall–Kier alpha value is -3.22. The van der Waals surface area contributed by atoms with Crippen molar-refractivity contribution < 1.29 is 4.79 Å². The third kappa shape index (κ3) is 2.83. The standard InChI is InChI=1S/C21H22N6O/c1-2-26-12-23-17-10-15(7-8-19(17)26)25-21(28)14-9-18-20(22-11-14)27(13-24-18)16-5-3-4-6-16/h7-13,16H,2-6H2,1H3,(H,25,28). The smallest absolute Gasteiger partial charge is 0.257 e. The number of rotatable bonds is 4. The average molecular weight is 374 g/mol. The summed E-state index contributed by atoms with van der Waals surface area (Å²) in [4.78, 5) is 26.1. The molecule has 0 unspecified atom stereocenters. The van der Waals surface area contributed by atoms with Crippen molar-refractivity contribution in [3.8, 4) is 0 Å². The summed E-state index contributed by atoms with van der Waals surface area (Å²) in [6.45, 7) is 2.94. The molecule has 0 bridgehead atoms. The van der Waals surface area contributed by atoms with Crippen LogP contribution in [0.5, 0.6) is 0 Å². The fraction of sp³-hybridized carbons (Fsp3) is 0.333. The molecule has 0 radical (unpaired) electrons. The van der Waals surface area contributed by atoms with Crippen LogP contribution in [0, 0.1) is 0 Å². The van der Waals surface area contributed by atoms with E-state index in [4.69, 9.17) is 0 Å².